The molecule has 0 spiro atoms. The third-order valence-corrected chi connectivity index (χ3v) is 5.69. The maximum Gasteiger partial charge on any atom is 0.406 e. The Hall–Kier alpha value is -1.07. The van der Waals surface area contributed by atoms with Crippen molar-refractivity contribution < 1.29 is 31.4 Å². The maximum absolute atomic E-state index is 12.7. The highest BCUT2D eigenvalue weighted by Gasteiger charge is 2.38. The summed E-state index contributed by atoms with van der Waals surface area (Å²) in [4.78, 5) is 5.27. The first kappa shape index (κ1) is 21.2. The van der Waals surface area contributed by atoms with Gasteiger partial charge in [-0.1, -0.05) is 17.8 Å². The van der Waals surface area contributed by atoms with E-state index in [2.05, 4.69) is 4.99 Å². The molecule has 1 aromatic rings. The van der Waals surface area contributed by atoms with Crippen molar-refractivity contribution in [2.75, 3.05) is 18.1 Å². The average molecular weight is 418 g/mol. The molecule has 1 atom stereocenters. The van der Waals surface area contributed by atoms with Gasteiger partial charge < -0.3 is 10.0 Å². The van der Waals surface area contributed by atoms with Crippen molar-refractivity contribution in [1.82, 2.24) is 4.90 Å². The monoisotopic (exact) mass is 418 g/mol. The van der Waals surface area contributed by atoms with E-state index in [4.69, 9.17) is 0 Å². The second kappa shape index (κ2) is 7.89. The van der Waals surface area contributed by atoms with E-state index in [1.807, 2.05) is 0 Å². The van der Waals surface area contributed by atoms with Gasteiger partial charge in [0.2, 0.25) is 0 Å². The number of hydrogen-bond acceptors (Lipinski definition) is 4. The molecule has 11 heteroatoms. The van der Waals surface area contributed by atoms with E-state index in [-0.39, 0.29) is 16.6 Å². The lowest BCUT2D eigenvalue weighted by Crippen LogP contribution is -2.40. The Morgan fingerprint density at radius 1 is 1.15 bits per heavy atom. The van der Waals surface area contributed by atoms with Crippen molar-refractivity contribution in [1.29, 1.82) is 0 Å². The van der Waals surface area contributed by atoms with Gasteiger partial charge in [0, 0.05) is 10.6 Å². The van der Waals surface area contributed by atoms with Crippen molar-refractivity contribution in [3.63, 3.8) is 0 Å². The number of aliphatic hydroxyl groups is 1. The van der Waals surface area contributed by atoms with Crippen LogP contribution in [0.25, 0.3) is 0 Å². The fourth-order valence-corrected chi connectivity index (χ4v) is 4.07. The second-order valence-electron chi connectivity index (χ2n) is 5.74. The van der Waals surface area contributed by atoms with Gasteiger partial charge in [0.15, 0.2) is 5.17 Å². The van der Waals surface area contributed by atoms with E-state index in [0.717, 1.165) is 16.7 Å². The minimum Gasteiger partial charge on any atom is -0.373 e. The summed E-state index contributed by atoms with van der Waals surface area (Å²) >= 11 is 1.57. The molecule has 26 heavy (non-hydrogen) atoms. The van der Waals surface area contributed by atoms with Gasteiger partial charge in [-0.15, -0.1) is 11.8 Å². The van der Waals surface area contributed by atoms with Gasteiger partial charge in [0.05, 0.1) is 11.4 Å². The molecule has 1 N–H and O–H groups in total. The Bertz CT molecular complexity index is 690. The van der Waals surface area contributed by atoms with Crippen LogP contribution in [0.2, 0.25) is 0 Å². The summed E-state index contributed by atoms with van der Waals surface area (Å²) in [6.45, 7) is 1.99. The number of hydrogen-bond donors (Lipinski definition) is 1. The summed E-state index contributed by atoms with van der Waals surface area (Å²) in [5.41, 5.74) is 1.54. The van der Waals surface area contributed by atoms with Crippen LogP contribution in [0.15, 0.2) is 22.0 Å². The van der Waals surface area contributed by atoms with Gasteiger partial charge in [-0.3, -0.25) is 0 Å². The number of aryl methyl sites for hydroxylation is 2. The van der Waals surface area contributed by atoms with Crippen LogP contribution in [0.3, 0.4) is 0 Å². The van der Waals surface area contributed by atoms with E-state index < -0.39 is 30.9 Å². The number of aliphatic hydroxyl groups excluding tert-OH is 1. The number of thioether (sulfide) groups is 2. The molecule has 2 rings (SSSR count). The molecule has 1 fully saturated rings. The van der Waals surface area contributed by atoms with Crippen LogP contribution in [0.4, 0.5) is 32.0 Å². The molecule has 0 aromatic heterocycles. The molecule has 1 heterocycles. The summed E-state index contributed by atoms with van der Waals surface area (Å²) in [6, 6.07) is 3.08. The smallest absolute Gasteiger partial charge is 0.373 e. The van der Waals surface area contributed by atoms with E-state index in [1.54, 1.807) is 19.9 Å². The third kappa shape index (κ3) is 5.98. The zero-order valence-electron chi connectivity index (χ0n) is 13.8. The molecule has 0 saturated carbocycles. The van der Waals surface area contributed by atoms with Gasteiger partial charge >= 0.3 is 12.4 Å². The van der Waals surface area contributed by atoms with Crippen LogP contribution in [0.5, 0.6) is 0 Å². The van der Waals surface area contributed by atoms with Crippen LogP contribution in [0.1, 0.15) is 11.1 Å². The quantitative estimate of drug-likeness (QED) is 0.559. The zero-order chi connectivity index (χ0) is 19.7. The van der Waals surface area contributed by atoms with Crippen molar-refractivity contribution in [3.05, 3.63) is 23.3 Å². The van der Waals surface area contributed by atoms with Gasteiger partial charge in [0.25, 0.3) is 0 Å². The number of alkyl halides is 6. The van der Waals surface area contributed by atoms with E-state index in [9.17, 15) is 31.4 Å². The lowest BCUT2D eigenvalue weighted by atomic mass is 10.1. The predicted molar refractivity (Wildman–Crippen MR) is 91.0 cm³/mol. The Labute approximate surface area is 154 Å². The first-order valence-electron chi connectivity index (χ1n) is 7.39. The van der Waals surface area contributed by atoms with Crippen LogP contribution in [0, 0.1) is 13.8 Å². The predicted octanol–water partition coefficient (Wildman–Crippen LogP) is 4.87. The lowest BCUT2D eigenvalue weighted by molar-refractivity contribution is -0.149. The SMILES string of the molecule is Cc1cc(C)c(SCC(F)(F)F)cc1N=C1SCC(O)N1CC(F)(F)F. The highest BCUT2D eigenvalue weighted by molar-refractivity contribution is 8.14. The number of aliphatic imine (C=N–C) groups is 1. The molecule has 0 bridgehead atoms. The molecular formula is C15H16F6N2OS2. The summed E-state index contributed by atoms with van der Waals surface area (Å²) in [5, 5.41) is 9.73. The fraction of sp³-hybridized carbons (Fsp3) is 0.533. The Kier molecular flexibility index (Phi) is 6.44. The molecule has 1 aliphatic heterocycles. The fourth-order valence-electron chi connectivity index (χ4n) is 2.27. The van der Waals surface area contributed by atoms with Crippen molar-refractivity contribution >= 4 is 34.4 Å². The minimum atomic E-state index is -4.51. The molecule has 3 nitrogen and oxygen atoms in total. The second-order valence-corrected chi connectivity index (χ2v) is 7.74. The summed E-state index contributed by atoms with van der Waals surface area (Å²) in [6.07, 6.45) is -10.2. The molecule has 1 aliphatic rings. The van der Waals surface area contributed by atoms with Crippen molar-refractivity contribution in [3.8, 4) is 0 Å². The molecule has 0 amide bonds. The van der Waals surface area contributed by atoms with Crippen LogP contribution >= 0.6 is 23.5 Å². The normalized spacial score (nSPS) is 20.3. The number of nitrogens with zero attached hydrogens (tertiary/aromatic N) is 2. The number of halogens is 6. The molecule has 0 radical (unpaired) electrons. The van der Waals surface area contributed by atoms with E-state index in [0.29, 0.717) is 27.8 Å². The summed E-state index contributed by atoms with van der Waals surface area (Å²) in [5.74, 6) is -1.03. The van der Waals surface area contributed by atoms with Gasteiger partial charge in [-0.05, 0) is 31.0 Å². The van der Waals surface area contributed by atoms with E-state index in [1.165, 1.54) is 6.07 Å². The number of benzene rings is 1. The molecule has 1 unspecified atom stereocenters. The molecule has 146 valence electrons. The standard InChI is InChI=1S/C15H16F6N2OS2/c1-8-3-9(2)11(26-7-15(19,20)21)4-10(8)22-13-23(6-14(16,17)18)12(24)5-25-13/h3-4,12,24H,5-7H2,1-2H3. The first-order valence-corrected chi connectivity index (χ1v) is 9.36. The Balaban J connectivity index is 2.30. The molecular weight excluding hydrogens is 402 g/mol. The van der Waals surface area contributed by atoms with Crippen LogP contribution in [-0.2, 0) is 0 Å². The first-order chi connectivity index (χ1) is 11.9. The van der Waals surface area contributed by atoms with Crippen LogP contribution < -0.4 is 0 Å². The summed E-state index contributed by atoms with van der Waals surface area (Å²) in [7, 11) is 0. The summed E-state index contributed by atoms with van der Waals surface area (Å²) < 4.78 is 75.3. The zero-order valence-corrected chi connectivity index (χ0v) is 15.4. The maximum atomic E-state index is 12.7. The topological polar surface area (TPSA) is 35.8 Å². The highest BCUT2D eigenvalue weighted by Crippen LogP contribution is 2.35. The van der Waals surface area contributed by atoms with Gasteiger partial charge in [-0.2, -0.15) is 26.3 Å². The molecule has 0 aliphatic carbocycles. The Morgan fingerprint density at radius 2 is 1.81 bits per heavy atom. The Morgan fingerprint density at radius 3 is 2.38 bits per heavy atom. The number of rotatable bonds is 4. The van der Waals surface area contributed by atoms with Gasteiger partial charge in [-0.25, -0.2) is 4.99 Å². The number of amidine groups is 1. The third-order valence-electron chi connectivity index (χ3n) is 3.42. The van der Waals surface area contributed by atoms with E-state index >= 15 is 0 Å². The van der Waals surface area contributed by atoms with Crippen molar-refractivity contribution in [2.24, 2.45) is 4.99 Å². The molecule has 1 saturated heterocycles. The largest absolute Gasteiger partial charge is 0.406 e. The lowest BCUT2D eigenvalue weighted by Gasteiger charge is -2.23. The van der Waals surface area contributed by atoms with Crippen molar-refractivity contribution in [2.45, 2.75) is 37.3 Å². The average Bonchev–Trinajstić information content (AvgIpc) is 2.79. The highest BCUT2D eigenvalue weighted by atomic mass is 32.2. The minimum absolute atomic E-state index is 0.00597. The van der Waals surface area contributed by atoms with Gasteiger partial charge in [0.1, 0.15) is 12.8 Å². The van der Waals surface area contributed by atoms with Crippen LogP contribution in [-0.4, -0.2) is 51.8 Å². The molecule has 1 aromatic carbocycles.